The van der Waals surface area contributed by atoms with Crippen molar-refractivity contribution in [3.63, 3.8) is 0 Å². The van der Waals surface area contributed by atoms with Crippen LogP contribution in [0.2, 0.25) is 0 Å². The second kappa shape index (κ2) is 17.0. The third kappa shape index (κ3) is 10.2. The molecule has 1 unspecified atom stereocenters. The molecule has 252 valence electrons. The highest BCUT2D eigenvalue weighted by molar-refractivity contribution is 5.76. The summed E-state index contributed by atoms with van der Waals surface area (Å²) in [6.07, 6.45) is -5.61. The molecule has 0 radical (unpaired) electrons. The second-order valence-electron chi connectivity index (χ2n) is 8.80. The minimum Gasteiger partial charge on any atom is -0.463 e. The van der Waals surface area contributed by atoms with Gasteiger partial charge in [-0.15, -0.1) is 0 Å². The van der Waals surface area contributed by atoms with Crippen LogP contribution in [0.15, 0.2) is 0 Å². The van der Waals surface area contributed by atoms with Gasteiger partial charge in [0.15, 0.2) is 0 Å². The molecule has 0 rings (SSSR count). The lowest BCUT2D eigenvalue weighted by atomic mass is 9.92. The molecule has 0 saturated heterocycles. The molecule has 0 aromatic heterocycles. The van der Waals surface area contributed by atoms with Gasteiger partial charge in [-0.25, -0.2) is 8.78 Å². The van der Waals surface area contributed by atoms with Crippen LogP contribution in [-0.4, -0.2) is 129 Å². The van der Waals surface area contributed by atoms with Crippen molar-refractivity contribution in [2.45, 2.75) is 43.0 Å². The van der Waals surface area contributed by atoms with Gasteiger partial charge in [0.25, 0.3) is 0 Å². The molecule has 0 aliphatic heterocycles. The Kier molecular flexibility index (Phi) is 16.4. The molecule has 0 fully saturated rings. The Morgan fingerprint density at radius 2 is 1.00 bits per heavy atom. The number of halogens is 12. The fourth-order valence-corrected chi connectivity index (χ4v) is 2.70. The summed E-state index contributed by atoms with van der Waals surface area (Å²) < 4.78 is 194. The Morgan fingerprint density at radius 1 is 0.571 bits per heavy atom. The number of hydrogen-bond acceptors (Lipinski definition) is 8. The summed E-state index contributed by atoms with van der Waals surface area (Å²) in [6.45, 7) is -4.20. The molecule has 42 heavy (non-hydrogen) atoms. The summed E-state index contributed by atoms with van der Waals surface area (Å²) in [7, 11) is 2.77. The zero-order valence-corrected chi connectivity index (χ0v) is 22.7. The standard InChI is InChI=1S/C22H32F12O8/c1-17(12-40-9-8-38-6-4-36-2,16(35)42-11-10-39-7-5-37-3)13-41-14-18(25,26)20(29,30)22(33,34)21(31,32)19(27,28)15(23)24/h15H,4-14H2,1-3H3. The first-order valence-electron chi connectivity index (χ1n) is 11.8. The molecule has 0 aliphatic rings. The maximum atomic E-state index is 14.1. The maximum absolute atomic E-state index is 14.1. The molecule has 0 saturated carbocycles. The molecule has 1 atom stereocenters. The van der Waals surface area contributed by atoms with E-state index in [1.165, 1.54) is 14.2 Å². The zero-order valence-electron chi connectivity index (χ0n) is 22.7. The lowest BCUT2D eigenvalue weighted by molar-refractivity contribution is -0.415. The molecule has 0 N–H and O–H groups in total. The minimum atomic E-state index is -7.69. The van der Waals surface area contributed by atoms with Gasteiger partial charge in [0.05, 0.1) is 59.5 Å². The predicted octanol–water partition coefficient (Wildman–Crippen LogP) is 4.34. The van der Waals surface area contributed by atoms with E-state index in [0.29, 0.717) is 0 Å². The van der Waals surface area contributed by atoms with Gasteiger partial charge in [-0.1, -0.05) is 0 Å². The molecule has 20 heteroatoms. The van der Waals surface area contributed by atoms with Crippen molar-refractivity contribution in [1.29, 1.82) is 0 Å². The number of rotatable bonds is 24. The first-order valence-corrected chi connectivity index (χ1v) is 11.8. The molecule has 0 spiro atoms. The summed E-state index contributed by atoms with van der Waals surface area (Å²) >= 11 is 0. The van der Waals surface area contributed by atoms with Gasteiger partial charge in [-0.2, -0.15) is 43.9 Å². The van der Waals surface area contributed by atoms with E-state index < -0.39 is 73.8 Å². The molecule has 0 bridgehead atoms. The number of ether oxygens (including phenoxy) is 7. The van der Waals surface area contributed by atoms with Crippen LogP contribution in [0.1, 0.15) is 6.92 Å². The third-order valence-corrected chi connectivity index (χ3v) is 5.25. The van der Waals surface area contributed by atoms with Gasteiger partial charge in [0.1, 0.15) is 18.6 Å². The Hall–Kier alpha value is -1.61. The fourth-order valence-electron chi connectivity index (χ4n) is 2.70. The van der Waals surface area contributed by atoms with Crippen molar-refractivity contribution < 1.29 is 90.6 Å². The molecular weight excluding hydrogens is 620 g/mol. The van der Waals surface area contributed by atoms with E-state index in [0.717, 1.165) is 6.92 Å². The SMILES string of the molecule is COCCOCCOCC(C)(COCC(F)(F)C(F)(F)C(F)(F)C(F)(F)C(F)(F)C(F)F)C(=O)OCCOCCOC. The highest BCUT2D eigenvalue weighted by atomic mass is 19.4. The van der Waals surface area contributed by atoms with Crippen LogP contribution >= 0.6 is 0 Å². The van der Waals surface area contributed by atoms with E-state index in [4.69, 9.17) is 28.4 Å². The summed E-state index contributed by atoms with van der Waals surface area (Å²) in [5, 5.41) is 0. The number of esters is 1. The molecule has 0 aliphatic carbocycles. The van der Waals surface area contributed by atoms with Crippen LogP contribution in [0, 0.1) is 5.41 Å². The molecule has 0 amide bonds. The lowest BCUT2D eigenvalue weighted by Gasteiger charge is -2.39. The van der Waals surface area contributed by atoms with Crippen LogP contribution in [0.4, 0.5) is 52.7 Å². The van der Waals surface area contributed by atoms with Crippen LogP contribution < -0.4 is 0 Å². The van der Waals surface area contributed by atoms with Crippen LogP contribution in [0.5, 0.6) is 0 Å². The first-order chi connectivity index (χ1) is 19.2. The van der Waals surface area contributed by atoms with Crippen LogP contribution in [0.25, 0.3) is 0 Å². The highest BCUT2D eigenvalue weighted by Gasteiger charge is 2.87. The normalized spacial score (nSPS) is 15.2. The van der Waals surface area contributed by atoms with E-state index in [2.05, 4.69) is 4.74 Å². The van der Waals surface area contributed by atoms with Crippen molar-refractivity contribution in [3.8, 4) is 0 Å². The largest absolute Gasteiger partial charge is 0.463 e. The lowest BCUT2D eigenvalue weighted by Crippen LogP contribution is -2.69. The second-order valence-corrected chi connectivity index (χ2v) is 8.80. The molecular formula is C22H32F12O8. The van der Waals surface area contributed by atoms with E-state index in [1.54, 1.807) is 0 Å². The third-order valence-electron chi connectivity index (χ3n) is 5.25. The molecule has 0 heterocycles. The summed E-state index contributed by atoms with van der Waals surface area (Å²) in [4.78, 5) is 12.6. The number of carbonyl (C=O) groups excluding carboxylic acids is 1. The number of alkyl halides is 12. The van der Waals surface area contributed by atoms with E-state index >= 15 is 0 Å². The van der Waals surface area contributed by atoms with Crippen molar-refractivity contribution in [3.05, 3.63) is 0 Å². The fraction of sp³-hybridized carbons (Fsp3) is 0.955. The number of methoxy groups -OCH3 is 2. The van der Waals surface area contributed by atoms with Crippen molar-refractivity contribution in [2.24, 2.45) is 5.41 Å². The Bertz CT molecular complexity index is 788. The molecule has 8 nitrogen and oxygen atoms in total. The van der Waals surface area contributed by atoms with Gasteiger partial charge >= 0.3 is 42.0 Å². The molecule has 0 aromatic rings. The summed E-state index contributed by atoms with van der Waals surface area (Å²) in [5.41, 5.74) is -2.11. The van der Waals surface area contributed by atoms with E-state index in [1.807, 2.05) is 0 Å². The zero-order chi connectivity index (χ0) is 32.9. The van der Waals surface area contributed by atoms with Crippen LogP contribution in [0.3, 0.4) is 0 Å². The van der Waals surface area contributed by atoms with Gasteiger partial charge < -0.3 is 33.2 Å². The Morgan fingerprint density at radius 3 is 1.48 bits per heavy atom. The maximum Gasteiger partial charge on any atom is 0.384 e. The van der Waals surface area contributed by atoms with Gasteiger partial charge in [-0.3, -0.25) is 4.79 Å². The predicted molar refractivity (Wildman–Crippen MR) is 117 cm³/mol. The minimum absolute atomic E-state index is 0.0699. The van der Waals surface area contributed by atoms with Crippen molar-refractivity contribution in [1.82, 2.24) is 0 Å². The van der Waals surface area contributed by atoms with Crippen LogP contribution in [-0.2, 0) is 38.0 Å². The number of carbonyl (C=O) groups is 1. The van der Waals surface area contributed by atoms with Crippen molar-refractivity contribution >= 4 is 5.97 Å². The highest BCUT2D eigenvalue weighted by Crippen LogP contribution is 2.58. The average Bonchev–Trinajstić information content (AvgIpc) is 2.89. The molecule has 0 aromatic carbocycles. The monoisotopic (exact) mass is 652 g/mol. The van der Waals surface area contributed by atoms with E-state index in [9.17, 15) is 57.5 Å². The first kappa shape index (κ1) is 40.4. The Balaban J connectivity index is 5.56. The summed E-state index contributed by atoms with van der Waals surface area (Å²) in [5.74, 6) is -37.4. The van der Waals surface area contributed by atoms with Gasteiger partial charge in [0.2, 0.25) is 0 Å². The van der Waals surface area contributed by atoms with Gasteiger partial charge in [-0.05, 0) is 6.92 Å². The summed E-state index contributed by atoms with van der Waals surface area (Å²) in [6, 6.07) is 0. The van der Waals surface area contributed by atoms with Gasteiger partial charge in [0, 0.05) is 14.2 Å². The quantitative estimate of drug-likeness (QED) is 0.0867. The Labute approximate surface area is 232 Å². The smallest absolute Gasteiger partial charge is 0.384 e. The van der Waals surface area contributed by atoms with Crippen molar-refractivity contribution in [2.75, 3.05) is 86.9 Å². The number of hydrogen-bond donors (Lipinski definition) is 0. The van der Waals surface area contributed by atoms with E-state index in [-0.39, 0.29) is 46.2 Å². The topological polar surface area (TPSA) is 81.7 Å². The average molecular weight is 652 g/mol.